The van der Waals surface area contributed by atoms with Gasteiger partial charge in [0, 0.05) is 19.0 Å². The van der Waals surface area contributed by atoms with E-state index in [1.54, 1.807) is 0 Å². The molecule has 2 fully saturated rings. The maximum atomic E-state index is 6.33. The Labute approximate surface area is 123 Å². The van der Waals surface area contributed by atoms with Gasteiger partial charge in [0.05, 0.1) is 11.7 Å². The Morgan fingerprint density at radius 1 is 1.21 bits per heavy atom. The van der Waals surface area contributed by atoms with Crippen LogP contribution in [0, 0.1) is 5.41 Å². The molecule has 19 heavy (non-hydrogen) atoms. The van der Waals surface area contributed by atoms with Crippen LogP contribution in [-0.2, 0) is 4.74 Å². The molecular formula is C16H30ClNO. The van der Waals surface area contributed by atoms with Gasteiger partial charge in [0.1, 0.15) is 0 Å². The monoisotopic (exact) mass is 287 g/mol. The zero-order valence-corrected chi connectivity index (χ0v) is 13.4. The molecule has 1 aliphatic carbocycles. The maximum Gasteiger partial charge on any atom is 0.0708 e. The van der Waals surface area contributed by atoms with Crippen molar-refractivity contribution in [3.8, 4) is 0 Å². The van der Waals surface area contributed by atoms with Crippen LogP contribution in [0.3, 0.4) is 0 Å². The predicted molar refractivity (Wildman–Crippen MR) is 81.9 cm³/mol. The van der Waals surface area contributed by atoms with Crippen molar-refractivity contribution in [2.45, 2.75) is 76.9 Å². The van der Waals surface area contributed by atoms with Gasteiger partial charge in [-0.2, -0.15) is 0 Å². The Kier molecular flexibility index (Phi) is 5.56. The zero-order valence-electron chi connectivity index (χ0n) is 12.6. The average Bonchev–Trinajstić information content (AvgIpc) is 3.06. The Morgan fingerprint density at radius 3 is 2.47 bits per heavy atom. The van der Waals surface area contributed by atoms with E-state index >= 15 is 0 Å². The lowest BCUT2D eigenvalue weighted by atomic mass is 9.84. The summed E-state index contributed by atoms with van der Waals surface area (Å²) in [6, 6.07) is 0. The van der Waals surface area contributed by atoms with Crippen LogP contribution in [0.1, 0.15) is 65.2 Å². The second kappa shape index (κ2) is 6.78. The van der Waals surface area contributed by atoms with Gasteiger partial charge < -0.3 is 10.1 Å². The molecule has 1 N–H and O–H groups in total. The number of rotatable bonds is 7. The number of hydrogen-bond acceptors (Lipinski definition) is 2. The summed E-state index contributed by atoms with van der Waals surface area (Å²) in [4.78, 5) is 0. The molecule has 1 unspecified atom stereocenters. The van der Waals surface area contributed by atoms with Crippen LogP contribution >= 0.6 is 11.6 Å². The number of nitrogens with one attached hydrogen (secondary N) is 1. The molecule has 3 heteroatoms. The Bertz CT molecular complexity index is 264. The highest BCUT2D eigenvalue weighted by Gasteiger charge is 2.41. The van der Waals surface area contributed by atoms with Crippen molar-refractivity contribution in [3.63, 3.8) is 0 Å². The SMILES string of the molecule is CCC(CC)(CCl)CNCC1CCC2(CCCC2)O1. The first kappa shape index (κ1) is 15.6. The van der Waals surface area contributed by atoms with Crippen LogP contribution in [0.25, 0.3) is 0 Å². The fourth-order valence-corrected chi connectivity index (χ4v) is 4.13. The molecular weight excluding hydrogens is 258 g/mol. The smallest absolute Gasteiger partial charge is 0.0708 e. The average molecular weight is 288 g/mol. The topological polar surface area (TPSA) is 21.3 Å². The third-order valence-electron chi connectivity index (χ3n) is 5.51. The van der Waals surface area contributed by atoms with E-state index in [1.807, 2.05) is 0 Å². The van der Waals surface area contributed by atoms with E-state index in [1.165, 1.54) is 38.5 Å². The first-order valence-corrected chi connectivity index (χ1v) is 8.65. The summed E-state index contributed by atoms with van der Waals surface area (Å²) in [5.74, 6) is 0.752. The van der Waals surface area contributed by atoms with Gasteiger partial charge in [0.15, 0.2) is 0 Å². The summed E-state index contributed by atoms with van der Waals surface area (Å²) in [5, 5.41) is 3.62. The van der Waals surface area contributed by atoms with Crippen LogP contribution in [0.4, 0.5) is 0 Å². The fraction of sp³-hybridized carbons (Fsp3) is 1.00. The van der Waals surface area contributed by atoms with Crippen LogP contribution < -0.4 is 5.32 Å². The summed E-state index contributed by atoms with van der Waals surface area (Å²) in [7, 11) is 0. The van der Waals surface area contributed by atoms with Crippen molar-refractivity contribution in [2.24, 2.45) is 5.41 Å². The van der Waals surface area contributed by atoms with Crippen molar-refractivity contribution in [2.75, 3.05) is 19.0 Å². The predicted octanol–water partition coefficient (Wildman–Crippen LogP) is 4.11. The largest absolute Gasteiger partial charge is 0.370 e. The van der Waals surface area contributed by atoms with Gasteiger partial charge in [-0.25, -0.2) is 0 Å². The molecule has 1 atom stereocenters. The van der Waals surface area contributed by atoms with Crippen LogP contribution in [-0.4, -0.2) is 30.7 Å². The summed E-state index contributed by atoms with van der Waals surface area (Å²) in [5.41, 5.74) is 0.538. The number of alkyl halides is 1. The van der Waals surface area contributed by atoms with Crippen molar-refractivity contribution >= 4 is 11.6 Å². The molecule has 0 bridgehead atoms. The molecule has 0 aromatic heterocycles. The summed E-state index contributed by atoms with van der Waals surface area (Å²) < 4.78 is 6.33. The van der Waals surface area contributed by atoms with E-state index in [0.717, 1.165) is 31.8 Å². The fourth-order valence-electron chi connectivity index (χ4n) is 3.66. The minimum absolute atomic E-state index is 0.269. The first-order chi connectivity index (χ1) is 9.17. The molecule has 1 saturated carbocycles. The van der Waals surface area contributed by atoms with Crippen LogP contribution in [0.2, 0.25) is 0 Å². The standard InChI is InChI=1S/C16H30ClNO/c1-3-15(4-2,12-17)13-18-11-14-7-10-16(19-14)8-5-6-9-16/h14,18H,3-13H2,1-2H3. The van der Waals surface area contributed by atoms with Gasteiger partial charge in [-0.05, 0) is 43.9 Å². The van der Waals surface area contributed by atoms with Gasteiger partial charge in [0.2, 0.25) is 0 Å². The summed E-state index contributed by atoms with van der Waals surface area (Å²) in [6.45, 7) is 6.51. The van der Waals surface area contributed by atoms with Crippen molar-refractivity contribution in [1.29, 1.82) is 0 Å². The van der Waals surface area contributed by atoms with E-state index in [0.29, 0.717) is 6.10 Å². The lowest BCUT2D eigenvalue weighted by Crippen LogP contribution is -2.39. The highest BCUT2D eigenvalue weighted by Crippen LogP contribution is 2.43. The molecule has 0 aromatic carbocycles. The molecule has 2 rings (SSSR count). The maximum absolute atomic E-state index is 6.33. The molecule has 112 valence electrons. The highest BCUT2D eigenvalue weighted by molar-refractivity contribution is 6.18. The van der Waals surface area contributed by atoms with Crippen molar-refractivity contribution in [3.05, 3.63) is 0 Å². The second-order valence-corrected chi connectivity index (χ2v) is 6.91. The summed E-state index contributed by atoms with van der Waals surface area (Å²) >= 11 is 6.15. The van der Waals surface area contributed by atoms with Crippen molar-refractivity contribution in [1.82, 2.24) is 5.32 Å². The van der Waals surface area contributed by atoms with E-state index < -0.39 is 0 Å². The van der Waals surface area contributed by atoms with Crippen molar-refractivity contribution < 1.29 is 4.74 Å². The molecule has 0 radical (unpaired) electrons. The minimum atomic E-state index is 0.269. The minimum Gasteiger partial charge on any atom is -0.370 e. The summed E-state index contributed by atoms with van der Waals surface area (Å²) in [6.07, 6.45) is 10.5. The lowest BCUT2D eigenvalue weighted by molar-refractivity contribution is -0.0357. The van der Waals surface area contributed by atoms with Crippen LogP contribution in [0.5, 0.6) is 0 Å². The van der Waals surface area contributed by atoms with Gasteiger partial charge in [-0.1, -0.05) is 26.7 Å². The molecule has 1 heterocycles. The normalized spacial score (nSPS) is 26.4. The van der Waals surface area contributed by atoms with Crippen LogP contribution in [0.15, 0.2) is 0 Å². The molecule has 1 saturated heterocycles. The molecule has 1 spiro atoms. The van der Waals surface area contributed by atoms with E-state index in [2.05, 4.69) is 19.2 Å². The Morgan fingerprint density at radius 2 is 1.89 bits per heavy atom. The number of hydrogen-bond donors (Lipinski definition) is 1. The third kappa shape index (κ3) is 3.65. The molecule has 2 nitrogen and oxygen atoms in total. The zero-order chi connectivity index (χ0) is 13.8. The molecule has 0 aromatic rings. The first-order valence-electron chi connectivity index (χ1n) is 8.12. The highest BCUT2D eigenvalue weighted by atomic mass is 35.5. The van der Waals surface area contributed by atoms with E-state index in [4.69, 9.17) is 16.3 Å². The van der Waals surface area contributed by atoms with Gasteiger partial charge in [-0.3, -0.25) is 0 Å². The lowest BCUT2D eigenvalue weighted by Gasteiger charge is -2.30. The number of halogens is 1. The van der Waals surface area contributed by atoms with Gasteiger partial charge in [-0.15, -0.1) is 11.6 Å². The van der Waals surface area contributed by atoms with E-state index in [9.17, 15) is 0 Å². The van der Waals surface area contributed by atoms with E-state index in [-0.39, 0.29) is 11.0 Å². The number of ether oxygens (including phenoxy) is 1. The Hall–Kier alpha value is 0.210. The third-order valence-corrected chi connectivity index (χ3v) is 6.08. The van der Waals surface area contributed by atoms with Gasteiger partial charge >= 0.3 is 0 Å². The molecule has 2 aliphatic rings. The second-order valence-electron chi connectivity index (χ2n) is 6.64. The van der Waals surface area contributed by atoms with Gasteiger partial charge in [0.25, 0.3) is 0 Å². The Balaban J connectivity index is 1.72. The quantitative estimate of drug-likeness (QED) is 0.712. The molecule has 1 aliphatic heterocycles. The molecule has 0 amide bonds.